The normalized spacial score (nSPS) is 11.0. The molecule has 22 heavy (non-hydrogen) atoms. The average molecular weight is 318 g/mol. The molecule has 0 fully saturated rings. The van der Waals surface area contributed by atoms with Crippen LogP contribution in [0, 0.1) is 5.82 Å². The first kappa shape index (κ1) is 14.4. The van der Waals surface area contributed by atoms with Crippen LogP contribution in [0.5, 0.6) is 0 Å². The highest BCUT2D eigenvalue weighted by molar-refractivity contribution is 7.17. The first-order valence-corrected chi connectivity index (χ1v) is 7.38. The Kier molecular flexibility index (Phi) is 3.72. The fourth-order valence-electron chi connectivity index (χ4n) is 2.18. The SMILES string of the molecule is O=C(O)CCn1cnc2scc(-c3ccc(F)cc3)c2c1=O. The van der Waals surface area contributed by atoms with Crippen LogP contribution < -0.4 is 5.56 Å². The number of rotatable bonds is 4. The Labute approximate surface area is 128 Å². The summed E-state index contributed by atoms with van der Waals surface area (Å²) in [6.07, 6.45) is 1.21. The van der Waals surface area contributed by atoms with Gasteiger partial charge in [0.1, 0.15) is 10.6 Å². The van der Waals surface area contributed by atoms with E-state index in [4.69, 9.17) is 5.11 Å². The van der Waals surface area contributed by atoms with Gasteiger partial charge in [-0.3, -0.25) is 14.2 Å². The van der Waals surface area contributed by atoms with Crippen molar-refractivity contribution < 1.29 is 14.3 Å². The molecule has 2 heterocycles. The highest BCUT2D eigenvalue weighted by Crippen LogP contribution is 2.30. The maximum absolute atomic E-state index is 13.0. The van der Waals surface area contributed by atoms with Crippen LogP contribution in [0.1, 0.15) is 6.42 Å². The van der Waals surface area contributed by atoms with Crippen molar-refractivity contribution >= 4 is 27.5 Å². The van der Waals surface area contributed by atoms with E-state index in [1.54, 1.807) is 17.5 Å². The van der Waals surface area contributed by atoms with Gasteiger partial charge in [-0.2, -0.15) is 0 Å². The molecule has 0 amide bonds. The van der Waals surface area contributed by atoms with E-state index in [0.717, 1.165) is 5.56 Å². The molecule has 3 aromatic rings. The van der Waals surface area contributed by atoms with Crippen molar-refractivity contribution in [2.45, 2.75) is 13.0 Å². The molecular formula is C15H11FN2O3S. The van der Waals surface area contributed by atoms with Crippen LogP contribution in [-0.4, -0.2) is 20.6 Å². The van der Waals surface area contributed by atoms with Gasteiger partial charge in [-0.05, 0) is 17.7 Å². The van der Waals surface area contributed by atoms with Crippen LogP contribution in [0.2, 0.25) is 0 Å². The zero-order valence-electron chi connectivity index (χ0n) is 11.3. The maximum Gasteiger partial charge on any atom is 0.305 e. The molecule has 0 aliphatic rings. The van der Waals surface area contributed by atoms with Crippen molar-refractivity contribution in [1.82, 2.24) is 9.55 Å². The Hall–Kier alpha value is -2.54. The maximum atomic E-state index is 13.0. The summed E-state index contributed by atoms with van der Waals surface area (Å²) in [5, 5.41) is 11.0. The second kappa shape index (κ2) is 5.69. The van der Waals surface area contributed by atoms with Crippen LogP contribution in [0.15, 0.2) is 40.8 Å². The van der Waals surface area contributed by atoms with Gasteiger partial charge in [0.15, 0.2) is 0 Å². The van der Waals surface area contributed by atoms with Gasteiger partial charge in [-0.15, -0.1) is 11.3 Å². The molecule has 3 rings (SSSR count). The van der Waals surface area contributed by atoms with Gasteiger partial charge in [0.05, 0.1) is 18.1 Å². The van der Waals surface area contributed by atoms with Gasteiger partial charge in [0.25, 0.3) is 5.56 Å². The number of fused-ring (bicyclic) bond motifs is 1. The molecule has 1 N–H and O–H groups in total. The molecule has 0 radical (unpaired) electrons. The van der Waals surface area contributed by atoms with E-state index in [0.29, 0.717) is 15.8 Å². The standard InChI is InChI=1S/C15H11FN2O3S/c16-10-3-1-9(2-4-10)11-7-22-14-13(11)15(21)18(8-17-14)6-5-12(19)20/h1-4,7-8H,5-6H2,(H,19,20). The van der Waals surface area contributed by atoms with E-state index >= 15 is 0 Å². The summed E-state index contributed by atoms with van der Waals surface area (Å²) in [5.41, 5.74) is 1.12. The van der Waals surface area contributed by atoms with Crippen LogP contribution in [0.3, 0.4) is 0 Å². The number of aryl methyl sites for hydroxylation is 1. The molecular weight excluding hydrogens is 307 g/mol. The average Bonchev–Trinajstić information content (AvgIpc) is 2.92. The lowest BCUT2D eigenvalue weighted by molar-refractivity contribution is -0.137. The van der Waals surface area contributed by atoms with Gasteiger partial charge in [-0.25, -0.2) is 9.37 Å². The summed E-state index contributed by atoms with van der Waals surface area (Å²) < 4.78 is 14.3. The lowest BCUT2D eigenvalue weighted by Gasteiger charge is -2.04. The smallest absolute Gasteiger partial charge is 0.305 e. The molecule has 5 nitrogen and oxygen atoms in total. The predicted octanol–water partition coefficient (Wildman–Crippen LogP) is 2.74. The molecule has 0 saturated heterocycles. The van der Waals surface area contributed by atoms with E-state index in [1.165, 1.54) is 34.4 Å². The molecule has 1 aromatic carbocycles. The van der Waals surface area contributed by atoms with Gasteiger partial charge in [-0.1, -0.05) is 12.1 Å². The van der Waals surface area contributed by atoms with Crippen LogP contribution in [-0.2, 0) is 11.3 Å². The molecule has 0 aliphatic heterocycles. The van der Waals surface area contributed by atoms with Crippen molar-refractivity contribution in [3.8, 4) is 11.1 Å². The van der Waals surface area contributed by atoms with Crippen molar-refractivity contribution in [2.75, 3.05) is 0 Å². The Morgan fingerprint density at radius 1 is 1.32 bits per heavy atom. The first-order valence-electron chi connectivity index (χ1n) is 6.50. The number of hydrogen-bond donors (Lipinski definition) is 1. The Balaban J connectivity index is 2.12. The summed E-state index contributed by atoms with van der Waals surface area (Å²) in [6, 6.07) is 5.87. The second-order valence-corrected chi connectivity index (χ2v) is 5.58. The Morgan fingerprint density at radius 2 is 2.05 bits per heavy atom. The third-order valence-corrected chi connectivity index (χ3v) is 4.17. The number of carbonyl (C=O) groups is 1. The van der Waals surface area contributed by atoms with E-state index in [2.05, 4.69) is 4.98 Å². The summed E-state index contributed by atoms with van der Waals surface area (Å²) in [7, 11) is 0. The number of hydrogen-bond acceptors (Lipinski definition) is 4. The summed E-state index contributed by atoms with van der Waals surface area (Å²) >= 11 is 1.33. The van der Waals surface area contributed by atoms with Crippen LogP contribution >= 0.6 is 11.3 Å². The number of nitrogens with zero attached hydrogens (tertiary/aromatic N) is 2. The van der Waals surface area contributed by atoms with Crippen molar-refractivity contribution in [2.24, 2.45) is 0 Å². The fourth-order valence-corrected chi connectivity index (χ4v) is 3.09. The zero-order valence-corrected chi connectivity index (χ0v) is 12.1. The number of aromatic nitrogens is 2. The highest BCUT2D eigenvalue weighted by atomic mass is 32.1. The van der Waals surface area contributed by atoms with Crippen LogP contribution in [0.4, 0.5) is 4.39 Å². The largest absolute Gasteiger partial charge is 0.481 e. The summed E-state index contributed by atoms with van der Waals surface area (Å²) in [5.74, 6) is -1.32. The van der Waals surface area contributed by atoms with E-state index in [9.17, 15) is 14.0 Å². The Bertz CT molecular complexity index is 899. The summed E-state index contributed by atoms with van der Waals surface area (Å²) in [4.78, 5) is 28.0. The lowest BCUT2D eigenvalue weighted by atomic mass is 10.1. The molecule has 0 spiro atoms. The van der Waals surface area contributed by atoms with E-state index in [1.807, 2.05) is 0 Å². The molecule has 112 valence electrons. The van der Waals surface area contributed by atoms with Gasteiger partial charge >= 0.3 is 5.97 Å². The monoisotopic (exact) mass is 318 g/mol. The number of thiophene rings is 1. The molecule has 0 atom stereocenters. The first-order chi connectivity index (χ1) is 10.6. The van der Waals surface area contributed by atoms with Gasteiger partial charge in [0, 0.05) is 17.5 Å². The number of carboxylic acids is 1. The molecule has 0 bridgehead atoms. The highest BCUT2D eigenvalue weighted by Gasteiger charge is 2.13. The van der Waals surface area contributed by atoms with Gasteiger partial charge < -0.3 is 5.11 Å². The Morgan fingerprint density at radius 3 is 2.73 bits per heavy atom. The minimum atomic E-state index is -0.976. The lowest BCUT2D eigenvalue weighted by Crippen LogP contribution is -2.21. The fraction of sp³-hybridized carbons (Fsp3) is 0.133. The predicted molar refractivity (Wildman–Crippen MR) is 81.5 cm³/mol. The van der Waals surface area contributed by atoms with E-state index in [-0.39, 0.29) is 24.3 Å². The molecule has 2 aromatic heterocycles. The third kappa shape index (κ3) is 2.62. The topological polar surface area (TPSA) is 72.2 Å². The molecule has 0 aliphatic carbocycles. The van der Waals surface area contributed by atoms with Crippen molar-refractivity contribution in [1.29, 1.82) is 0 Å². The van der Waals surface area contributed by atoms with Crippen LogP contribution in [0.25, 0.3) is 21.3 Å². The molecule has 7 heteroatoms. The minimum absolute atomic E-state index is 0.0653. The molecule has 0 unspecified atom stereocenters. The summed E-state index contributed by atoms with van der Waals surface area (Å²) in [6.45, 7) is 0.0653. The van der Waals surface area contributed by atoms with Crippen molar-refractivity contribution in [3.05, 3.63) is 52.1 Å². The van der Waals surface area contributed by atoms with Crippen molar-refractivity contribution in [3.63, 3.8) is 0 Å². The minimum Gasteiger partial charge on any atom is -0.481 e. The number of benzene rings is 1. The number of carboxylic acid groups (broad SMARTS) is 1. The zero-order chi connectivity index (χ0) is 15.7. The third-order valence-electron chi connectivity index (χ3n) is 3.28. The van der Waals surface area contributed by atoms with Gasteiger partial charge in [0.2, 0.25) is 0 Å². The second-order valence-electron chi connectivity index (χ2n) is 4.72. The molecule has 0 saturated carbocycles. The quantitative estimate of drug-likeness (QED) is 0.803. The van der Waals surface area contributed by atoms with E-state index < -0.39 is 5.97 Å². The number of halogens is 1. The number of aliphatic carboxylic acids is 1.